The summed E-state index contributed by atoms with van der Waals surface area (Å²) in [5, 5.41) is 5.88. The third kappa shape index (κ3) is 4.13. The van der Waals surface area contributed by atoms with Crippen LogP contribution in [-0.4, -0.2) is 28.0 Å². The predicted octanol–water partition coefficient (Wildman–Crippen LogP) is 2.82. The molecule has 0 aliphatic carbocycles. The molecule has 2 amide bonds. The number of ether oxygens (including phenoxy) is 1. The molecule has 0 radical (unpaired) electrons. The van der Waals surface area contributed by atoms with Gasteiger partial charge >= 0.3 is 0 Å². The van der Waals surface area contributed by atoms with Crippen LogP contribution in [0, 0.1) is 0 Å². The van der Waals surface area contributed by atoms with Gasteiger partial charge in [-0.1, -0.05) is 37.3 Å². The second kappa shape index (κ2) is 8.96. The average molecular weight is 408 g/mol. The zero-order valence-corrected chi connectivity index (χ0v) is 16.8. The number of carbonyl (C=O) groups excluding carboxylic acids is 2. The van der Waals surface area contributed by atoms with Crippen LogP contribution in [-0.2, 0) is 24.4 Å². The van der Waals surface area contributed by atoms with Gasteiger partial charge in [-0.25, -0.2) is 4.98 Å². The Balaban J connectivity index is 1.55. The van der Waals surface area contributed by atoms with Crippen molar-refractivity contribution in [3.05, 3.63) is 77.3 Å². The number of rotatable bonds is 7. The third-order valence-corrected chi connectivity index (χ3v) is 5.18. The molecule has 1 unspecified atom stereocenters. The first-order chi connectivity index (χ1) is 14.7. The van der Waals surface area contributed by atoms with Crippen molar-refractivity contribution in [2.45, 2.75) is 39.1 Å². The molecule has 0 fully saturated rings. The minimum absolute atomic E-state index is 0.105. The molecule has 3 heterocycles. The minimum atomic E-state index is -0.295. The third-order valence-electron chi connectivity index (χ3n) is 5.18. The molecule has 2 N–H and O–H groups in total. The van der Waals surface area contributed by atoms with E-state index in [1.54, 1.807) is 6.07 Å². The number of hydrogen-bond acceptors (Lipinski definition) is 5. The van der Waals surface area contributed by atoms with E-state index in [2.05, 4.69) is 15.6 Å². The first-order valence-electron chi connectivity index (χ1n) is 10.00. The van der Waals surface area contributed by atoms with Gasteiger partial charge in [0.15, 0.2) is 0 Å². The molecule has 8 nitrogen and oxygen atoms in total. The Kier molecular flexibility index (Phi) is 5.94. The van der Waals surface area contributed by atoms with Crippen LogP contribution in [0.5, 0.6) is 0 Å². The summed E-state index contributed by atoms with van der Waals surface area (Å²) in [5.41, 5.74) is 2.64. The van der Waals surface area contributed by atoms with Crippen LogP contribution >= 0.6 is 0 Å². The lowest BCUT2D eigenvalue weighted by Crippen LogP contribution is -2.31. The lowest BCUT2D eigenvalue weighted by Gasteiger charge is -2.21. The highest BCUT2D eigenvalue weighted by Crippen LogP contribution is 2.23. The molecule has 0 spiro atoms. The van der Waals surface area contributed by atoms with Crippen molar-refractivity contribution in [2.24, 2.45) is 0 Å². The van der Waals surface area contributed by atoms with Crippen LogP contribution < -0.4 is 10.6 Å². The molecule has 1 aliphatic rings. The van der Waals surface area contributed by atoms with Gasteiger partial charge in [0.05, 0.1) is 43.3 Å². The van der Waals surface area contributed by atoms with Crippen molar-refractivity contribution in [1.29, 1.82) is 0 Å². The second-order valence-electron chi connectivity index (χ2n) is 7.05. The molecule has 4 rings (SSSR count). The molecule has 30 heavy (non-hydrogen) atoms. The lowest BCUT2D eigenvalue weighted by molar-refractivity contribution is 0.0775. The van der Waals surface area contributed by atoms with Gasteiger partial charge in [0.1, 0.15) is 12.0 Å². The van der Waals surface area contributed by atoms with Crippen molar-refractivity contribution < 1.29 is 18.7 Å². The Morgan fingerprint density at radius 2 is 2.07 bits per heavy atom. The molecule has 0 saturated heterocycles. The number of nitrogens with one attached hydrogen (secondary N) is 2. The fraction of sp³-hybridized carbons (Fsp3) is 0.318. The van der Waals surface area contributed by atoms with Gasteiger partial charge in [-0.15, -0.1) is 0 Å². The lowest BCUT2D eigenvalue weighted by atomic mass is 10.0. The van der Waals surface area contributed by atoms with E-state index >= 15 is 0 Å². The molecule has 1 aromatic carbocycles. The highest BCUT2D eigenvalue weighted by Gasteiger charge is 2.27. The van der Waals surface area contributed by atoms with Crippen LogP contribution in [0.25, 0.3) is 0 Å². The summed E-state index contributed by atoms with van der Waals surface area (Å²) in [7, 11) is 0. The van der Waals surface area contributed by atoms with Crippen LogP contribution in [0.3, 0.4) is 0 Å². The van der Waals surface area contributed by atoms with E-state index in [-0.39, 0.29) is 31.0 Å². The van der Waals surface area contributed by atoms with Gasteiger partial charge in [-0.3, -0.25) is 9.59 Å². The van der Waals surface area contributed by atoms with Crippen molar-refractivity contribution in [3.8, 4) is 0 Å². The number of aromatic nitrogens is 2. The summed E-state index contributed by atoms with van der Waals surface area (Å²) in [6.07, 6.45) is 3.74. The van der Waals surface area contributed by atoms with Gasteiger partial charge in [0, 0.05) is 6.54 Å². The number of fused-ring (bicyclic) bond motifs is 1. The fourth-order valence-electron chi connectivity index (χ4n) is 3.64. The number of nitrogens with zero attached hydrogens (tertiary/aromatic N) is 2. The van der Waals surface area contributed by atoms with Crippen molar-refractivity contribution in [2.75, 3.05) is 6.61 Å². The summed E-state index contributed by atoms with van der Waals surface area (Å²) in [6.45, 7) is 3.50. The number of oxazole rings is 1. The number of carbonyl (C=O) groups is 2. The van der Waals surface area contributed by atoms with E-state index in [0.717, 1.165) is 12.0 Å². The number of hydrogen-bond donors (Lipinski definition) is 2. The van der Waals surface area contributed by atoms with Crippen molar-refractivity contribution in [1.82, 2.24) is 20.2 Å². The maximum absolute atomic E-state index is 13.1. The molecule has 1 aliphatic heterocycles. The SMILES string of the molecule is CCC(NC(=O)c1cc(C(=O)NCc2ncco2)c2n1CCOC2)c1ccccc1. The molecule has 3 aromatic rings. The predicted molar refractivity (Wildman–Crippen MR) is 109 cm³/mol. The van der Waals surface area contributed by atoms with Crippen LogP contribution in [0.4, 0.5) is 0 Å². The van der Waals surface area contributed by atoms with E-state index in [0.29, 0.717) is 36.0 Å². The zero-order valence-electron chi connectivity index (χ0n) is 16.8. The Labute approximate surface area is 174 Å². The van der Waals surface area contributed by atoms with Gasteiger partial charge < -0.3 is 24.4 Å². The van der Waals surface area contributed by atoms with E-state index in [4.69, 9.17) is 9.15 Å². The summed E-state index contributed by atoms with van der Waals surface area (Å²) in [5.74, 6) is -0.0866. The first kappa shape index (κ1) is 19.9. The summed E-state index contributed by atoms with van der Waals surface area (Å²) in [6, 6.07) is 11.4. The van der Waals surface area contributed by atoms with E-state index < -0.39 is 0 Å². The van der Waals surface area contributed by atoms with Crippen LogP contribution in [0.2, 0.25) is 0 Å². The minimum Gasteiger partial charge on any atom is -0.447 e. The first-order valence-corrected chi connectivity index (χ1v) is 10.00. The van der Waals surface area contributed by atoms with Crippen LogP contribution in [0.1, 0.15) is 57.4 Å². The Morgan fingerprint density at radius 3 is 2.80 bits per heavy atom. The van der Waals surface area contributed by atoms with E-state index in [1.165, 1.54) is 12.5 Å². The topological polar surface area (TPSA) is 98.4 Å². The molecule has 8 heteroatoms. The smallest absolute Gasteiger partial charge is 0.268 e. The number of benzene rings is 1. The molecule has 2 aromatic heterocycles. The fourth-order valence-corrected chi connectivity index (χ4v) is 3.64. The highest BCUT2D eigenvalue weighted by atomic mass is 16.5. The maximum atomic E-state index is 13.1. The largest absolute Gasteiger partial charge is 0.447 e. The Bertz CT molecular complexity index is 1010. The van der Waals surface area contributed by atoms with Gasteiger partial charge in [-0.2, -0.15) is 0 Å². The number of amides is 2. The van der Waals surface area contributed by atoms with Crippen LogP contribution in [0.15, 0.2) is 53.3 Å². The molecular formula is C22H24N4O4. The Hall–Kier alpha value is -3.39. The summed E-state index contributed by atoms with van der Waals surface area (Å²) in [4.78, 5) is 29.9. The highest BCUT2D eigenvalue weighted by molar-refractivity contribution is 6.00. The average Bonchev–Trinajstić information content (AvgIpc) is 3.44. The quantitative estimate of drug-likeness (QED) is 0.626. The van der Waals surface area contributed by atoms with Gasteiger partial charge in [0.2, 0.25) is 5.89 Å². The molecule has 0 bridgehead atoms. The summed E-state index contributed by atoms with van der Waals surface area (Å²) >= 11 is 0. The van der Waals surface area contributed by atoms with Crippen molar-refractivity contribution in [3.63, 3.8) is 0 Å². The van der Waals surface area contributed by atoms with E-state index in [9.17, 15) is 9.59 Å². The molecule has 156 valence electrons. The maximum Gasteiger partial charge on any atom is 0.268 e. The van der Waals surface area contributed by atoms with E-state index in [1.807, 2.05) is 41.8 Å². The molecule has 0 saturated carbocycles. The zero-order chi connectivity index (χ0) is 20.9. The Morgan fingerprint density at radius 1 is 1.23 bits per heavy atom. The normalized spacial score (nSPS) is 14.0. The monoisotopic (exact) mass is 408 g/mol. The molecule has 1 atom stereocenters. The molecular weight excluding hydrogens is 384 g/mol. The standard InChI is InChI=1S/C22H24N4O4/c1-2-17(15-6-4-3-5-7-15)25-22(28)18-12-16(19-14-29-11-9-26(18)19)21(27)24-13-20-23-8-10-30-20/h3-8,10,12,17H,2,9,11,13-14H2,1H3,(H,24,27)(H,25,28). The van der Waals surface area contributed by atoms with Gasteiger partial charge in [-0.05, 0) is 18.1 Å². The van der Waals surface area contributed by atoms with Crippen molar-refractivity contribution >= 4 is 11.8 Å². The van der Waals surface area contributed by atoms with Gasteiger partial charge in [0.25, 0.3) is 11.8 Å². The summed E-state index contributed by atoms with van der Waals surface area (Å²) < 4.78 is 12.6. The second-order valence-corrected chi connectivity index (χ2v) is 7.05.